The molecule has 8 heteroatoms. The van der Waals surface area contributed by atoms with Gasteiger partial charge in [0.25, 0.3) is 0 Å². The van der Waals surface area contributed by atoms with E-state index in [4.69, 9.17) is 3.97 Å². The van der Waals surface area contributed by atoms with Gasteiger partial charge in [0.2, 0.25) is 0 Å². The third-order valence-electron chi connectivity index (χ3n) is 6.23. The molecule has 0 amide bonds. The van der Waals surface area contributed by atoms with E-state index < -0.39 is 22.5 Å². The SMILES string of the molecule is CCCCCCCCC#CP(OS(=O)(=O)C(F)(F)F)(c1ccccc1)(c1ccccc1)c1ccccc1. The Kier molecular flexibility index (Phi) is 9.58. The average molecular weight is 549 g/mol. The van der Waals surface area contributed by atoms with Crippen LogP contribution in [0.4, 0.5) is 13.2 Å². The fourth-order valence-corrected chi connectivity index (χ4v) is 11.4. The molecule has 0 fully saturated rings. The van der Waals surface area contributed by atoms with Crippen molar-refractivity contribution < 1.29 is 25.6 Å². The molecule has 0 aliphatic carbocycles. The van der Waals surface area contributed by atoms with Crippen LogP contribution in [0.1, 0.15) is 51.9 Å². The van der Waals surface area contributed by atoms with E-state index in [2.05, 4.69) is 18.5 Å². The van der Waals surface area contributed by atoms with Gasteiger partial charge in [-0.05, 0) is 0 Å². The van der Waals surface area contributed by atoms with E-state index in [1.807, 2.05) is 0 Å². The summed E-state index contributed by atoms with van der Waals surface area (Å²) >= 11 is 0. The van der Waals surface area contributed by atoms with Crippen LogP contribution in [-0.4, -0.2) is 13.9 Å². The Labute approximate surface area is 218 Å². The first kappa shape index (κ1) is 28.9. The first-order valence-corrected chi connectivity index (χ1v) is 16.0. The van der Waals surface area contributed by atoms with Crippen molar-refractivity contribution in [2.24, 2.45) is 0 Å². The fraction of sp³-hybridized carbons (Fsp3) is 0.310. The van der Waals surface area contributed by atoms with E-state index in [0.717, 1.165) is 38.5 Å². The van der Waals surface area contributed by atoms with Gasteiger partial charge in [0, 0.05) is 0 Å². The van der Waals surface area contributed by atoms with Crippen molar-refractivity contribution in [3.63, 3.8) is 0 Å². The summed E-state index contributed by atoms with van der Waals surface area (Å²) in [6, 6.07) is 24.7. The van der Waals surface area contributed by atoms with Crippen molar-refractivity contribution in [2.45, 2.75) is 57.4 Å². The Morgan fingerprint density at radius 3 is 1.51 bits per heavy atom. The van der Waals surface area contributed by atoms with Crippen LogP contribution >= 0.6 is 6.83 Å². The number of hydrogen-bond donors (Lipinski definition) is 0. The molecular weight excluding hydrogens is 516 g/mol. The van der Waals surface area contributed by atoms with E-state index in [0.29, 0.717) is 6.42 Å². The summed E-state index contributed by atoms with van der Waals surface area (Å²) in [4.78, 5) is 0. The van der Waals surface area contributed by atoms with Gasteiger partial charge in [-0.3, -0.25) is 0 Å². The topological polar surface area (TPSA) is 43.4 Å². The zero-order valence-electron chi connectivity index (χ0n) is 20.8. The number of unbranched alkanes of at least 4 members (excludes halogenated alkanes) is 6. The number of halogens is 3. The summed E-state index contributed by atoms with van der Waals surface area (Å²) in [5.74, 6) is 3.08. The van der Waals surface area contributed by atoms with Crippen LogP contribution in [-0.2, 0) is 14.1 Å². The molecule has 3 aromatic carbocycles. The monoisotopic (exact) mass is 548 g/mol. The van der Waals surface area contributed by atoms with Crippen molar-refractivity contribution in [1.82, 2.24) is 0 Å². The van der Waals surface area contributed by atoms with Gasteiger partial charge in [0.05, 0.1) is 0 Å². The van der Waals surface area contributed by atoms with Gasteiger partial charge in [0.15, 0.2) is 0 Å². The summed E-state index contributed by atoms with van der Waals surface area (Å²) in [7, 11) is -6.06. The van der Waals surface area contributed by atoms with Gasteiger partial charge in [-0.1, -0.05) is 0 Å². The molecule has 3 rings (SSSR count). The molecule has 0 heterocycles. The Hall–Kier alpha value is -2.65. The second-order valence-electron chi connectivity index (χ2n) is 8.82. The van der Waals surface area contributed by atoms with Gasteiger partial charge >= 0.3 is 218 Å². The van der Waals surface area contributed by atoms with Gasteiger partial charge in [-0.2, -0.15) is 0 Å². The first-order valence-electron chi connectivity index (χ1n) is 12.4. The molecule has 0 atom stereocenters. The van der Waals surface area contributed by atoms with Crippen LogP contribution in [0.2, 0.25) is 0 Å². The summed E-state index contributed by atoms with van der Waals surface area (Å²) in [5.41, 5.74) is -2.52. The van der Waals surface area contributed by atoms with Gasteiger partial charge in [0.1, 0.15) is 0 Å². The number of alkyl halides is 3. The third-order valence-corrected chi connectivity index (χ3v) is 13.2. The number of hydrogen-bond acceptors (Lipinski definition) is 3. The van der Waals surface area contributed by atoms with Gasteiger partial charge in [-0.15, -0.1) is 0 Å². The molecule has 0 saturated carbocycles. The Balaban J connectivity index is 2.33. The number of benzene rings is 3. The van der Waals surface area contributed by atoms with Crippen LogP contribution in [0.5, 0.6) is 0 Å². The molecule has 0 aromatic heterocycles. The van der Waals surface area contributed by atoms with E-state index in [-0.39, 0.29) is 15.9 Å². The molecule has 198 valence electrons. The third kappa shape index (κ3) is 6.09. The Bertz CT molecular complexity index is 1200. The Morgan fingerprint density at radius 1 is 0.703 bits per heavy atom. The molecule has 37 heavy (non-hydrogen) atoms. The molecule has 0 aliphatic heterocycles. The molecule has 0 saturated heterocycles. The van der Waals surface area contributed by atoms with Crippen LogP contribution in [0.25, 0.3) is 0 Å². The summed E-state index contributed by atoms with van der Waals surface area (Å²) in [6.45, 7) is -2.86. The normalized spacial score (nSPS) is 13.2. The van der Waals surface area contributed by atoms with Crippen LogP contribution in [0.3, 0.4) is 0 Å². The Morgan fingerprint density at radius 2 is 1.11 bits per heavy atom. The summed E-state index contributed by atoms with van der Waals surface area (Å²) < 4.78 is 73.1. The van der Waals surface area contributed by atoms with E-state index in [1.165, 1.54) is 0 Å². The maximum atomic E-state index is 13.9. The van der Waals surface area contributed by atoms with Crippen LogP contribution in [0, 0.1) is 11.6 Å². The fourth-order valence-electron chi connectivity index (χ4n) is 4.36. The van der Waals surface area contributed by atoms with Crippen LogP contribution in [0.15, 0.2) is 91.0 Å². The quantitative estimate of drug-likeness (QED) is 0.112. The molecule has 0 bridgehead atoms. The predicted molar refractivity (Wildman–Crippen MR) is 147 cm³/mol. The van der Waals surface area contributed by atoms with Crippen molar-refractivity contribution in [3.05, 3.63) is 91.0 Å². The summed E-state index contributed by atoms with van der Waals surface area (Å²) in [5, 5.41) is 0.859. The molecule has 0 N–H and O–H groups in total. The maximum absolute atomic E-state index is 13.9. The van der Waals surface area contributed by atoms with Crippen LogP contribution < -0.4 is 15.9 Å². The molecule has 0 spiro atoms. The molecule has 3 nitrogen and oxygen atoms in total. The molecular formula is C29H32F3O3PS. The molecule has 0 radical (unpaired) electrons. The van der Waals surface area contributed by atoms with E-state index in [1.54, 1.807) is 91.0 Å². The second kappa shape index (κ2) is 12.3. The zero-order chi connectivity index (χ0) is 26.9. The van der Waals surface area contributed by atoms with Crippen molar-refractivity contribution in [3.8, 4) is 11.6 Å². The van der Waals surface area contributed by atoms with Crippen molar-refractivity contribution >= 4 is 32.9 Å². The molecule has 0 unspecified atom stereocenters. The number of rotatable bonds is 11. The zero-order valence-corrected chi connectivity index (χ0v) is 22.5. The van der Waals surface area contributed by atoms with Gasteiger partial charge < -0.3 is 0 Å². The standard InChI is InChI=1S/C29H32F3O3PS/c1-2-3-4-5-6-7-8-18-25-36(26-19-12-9-13-20-26,27-21-14-10-15-22-27,28-23-16-11-17-24-28)35-37(33,34)29(30,31)32/h9-17,19-24H,2-8H2,1H3. The predicted octanol–water partition coefficient (Wildman–Crippen LogP) is 7.01. The average Bonchev–Trinajstić information content (AvgIpc) is 2.90. The van der Waals surface area contributed by atoms with E-state index in [9.17, 15) is 21.6 Å². The van der Waals surface area contributed by atoms with Crippen molar-refractivity contribution in [2.75, 3.05) is 0 Å². The molecule has 0 aliphatic rings. The van der Waals surface area contributed by atoms with E-state index >= 15 is 0 Å². The minimum absolute atomic E-state index is 0.286. The van der Waals surface area contributed by atoms with Gasteiger partial charge in [-0.25, -0.2) is 0 Å². The molecule has 3 aromatic rings. The minimum atomic E-state index is -6.06. The first-order chi connectivity index (χ1) is 17.7. The summed E-state index contributed by atoms with van der Waals surface area (Å²) in [6.07, 6.45) is 6.56. The van der Waals surface area contributed by atoms with Crippen molar-refractivity contribution in [1.29, 1.82) is 0 Å². The second-order valence-corrected chi connectivity index (χ2v) is 14.6.